The fraction of sp³-hybridized carbons (Fsp3) is 0.625. The van der Waals surface area contributed by atoms with Crippen LogP contribution in [0.1, 0.15) is 12.8 Å². The molecule has 0 unspecified atom stereocenters. The van der Waals surface area contributed by atoms with Gasteiger partial charge >= 0.3 is 0 Å². The molecule has 6 nitrogen and oxygen atoms in total. The van der Waals surface area contributed by atoms with E-state index >= 15 is 0 Å². The first-order valence-electron chi connectivity index (χ1n) is 8.14. The summed E-state index contributed by atoms with van der Waals surface area (Å²) in [7, 11) is 0. The van der Waals surface area contributed by atoms with Crippen molar-refractivity contribution in [3.8, 4) is 0 Å². The maximum atomic E-state index is 12.3. The molecule has 0 atom stereocenters. The second kappa shape index (κ2) is 7.07. The molecule has 3 heterocycles. The Labute approximate surface area is 131 Å². The van der Waals surface area contributed by atoms with E-state index in [2.05, 4.69) is 14.8 Å². The zero-order valence-electron chi connectivity index (χ0n) is 13.0. The molecule has 0 aliphatic carbocycles. The number of carbonyl (C=O) groups excluding carboxylic acids is 1. The number of anilines is 1. The molecular formula is C16H25N5O. The van der Waals surface area contributed by atoms with Gasteiger partial charge < -0.3 is 15.5 Å². The zero-order chi connectivity index (χ0) is 15.4. The molecule has 1 amide bonds. The lowest BCUT2D eigenvalue weighted by Gasteiger charge is -2.37. The number of pyridine rings is 1. The molecule has 22 heavy (non-hydrogen) atoms. The minimum Gasteiger partial charge on any atom is -0.354 e. The van der Waals surface area contributed by atoms with Crippen LogP contribution in [0.15, 0.2) is 24.4 Å². The van der Waals surface area contributed by atoms with Crippen molar-refractivity contribution in [3.63, 3.8) is 0 Å². The monoisotopic (exact) mass is 303 g/mol. The first kappa shape index (κ1) is 15.2. The Morgan fingerprint density at radius 1 is 1.14 bits per heavy atom. The van der Waals surface area contributed by atoms with Gasteiger partial charge in [-0.1, -0.05) is 6.07 Å². The summed E-state index contributed by atoms with van der Waals surface area (Å²) in [4.78, 5) is 23.2. The molecule has 2 aliphatic heterocycles. The SMILES string of the molecule is NC1CCN(C(=O)CN2CCN(c3ccccn3)CC2)CC1. The van der Waals surface area contributed by atoms with Crippen LogP contribution in [0.4, 0.5) is 5.82 Å². The van der Waals surface area contributed by atoms with E-state index in [0.717, 1.165) is 57.9 Å². The topological polar surface area (TPSA) is 65.7 Å². The number of likely N-dealkylation sites (tertiary alicyclic amines) is 1. The molecule has 6 heteroatoms. The van der Waals surface area contributed by atoms with Crippen LogP contribution in [-0.2, 0) is 4.79 Å². The number of nitrogens with zero attached hydrogens (tertiary/aromatic N) is 4. The van der Waals surface area contributed by atoms with Crippen LogP contribution in [0.2, 0.25) is 0 Å². The number of aromatic nitrogens is 1. The first-order valence-corrected chi connectivity index (χ1v) is 8.14. The van der Waals surface area contributed by atoms with Crippen LogP contribution in [0.3, 0.4) is 0 Å². The van der Waals surface area contributed by atoms with Gasteiger partial charge in [-0.15, -0.1) is 0 Å². The van der Waals surface area contributed by atoms with Crippen LogP contribution in [0.25, 0.3) is 0 Å². The van der Waals surface area contributed by atoms with Crippen molar-refractivity contribution < 1.29 is 4.79 Å². The summed E-state index contributed by atoms with van der Waals surface area (Å²) in [5.74, 6) is 1.27. The smallest absolute Gasteiger partial charge is 0.236 e. The Kier molecular flexibility index (Phi) is 4.90. The van der Waals surface area contributed by atoms with Gasteiger partial charge in [0.2, 0.25) is 5.91 Å². The summed E-state index contributed by atoms with van der Waals surface area (Å²) in [6, 6.07) is 6.26. The van der Waals surface area contributed by atoms with Crippen molar-refractivity contribution >= 4 is 11.7 Å². The van der Waals surface area contributed by atoms with Gasteiger partial charge in [-0.05, 0) is 25.0 Å². The molecule has 0 bridgehead atoms. The lowest BCUT2D eigenvalue weighted by Crippen LogP contribution is -2.51. The molecule has 2 fully saturated rings. The molecule has 1 aromatic heterocycles. The van der Waals surface area contributed by atoms with E-state index in [1.54, 1.807) is 0 Å². The first-order chi connectivity index (χ1) is 10.7. The van der Waals surface area contributed by atoms with Crippen molar-refractivity contribution in [2.45, 2.75) is 18.9 Å². The Bertz CT molecular complexity index is 479. The molecule has 0 aromatic carbocycles. The van der Waals surface area contributed by atoms with Crippen LogP contribution >= 0.6 is 0 Å². The standard InChI is InChI=1S/C16H25N5O/c17-14-4-7-21(8-5-14)16(22)13-19-9-11-20(12-10-19)15-3-1-2-6-18-15/h1-3,6,14H,4-5,7-13,17H2. The predicted octanol–water partition coefficient (Wildman–Crippen LogP) is 0.153. The second-order valence-corrected chi connectivity index (χ2v) is 6.17. The third-order valence-corrected chi connectivity index (χ3v) is 4.60. The average Bonchev–Trinajstić information content (AvgIpc) is 2.57. The molecule has 120 valence electrons. The summed E-state index contributed by atoms with van der Waals surface area (Å²) in [5, 5.41) is 0. The molecular weight excluding hydrogens is 278 g/mol. The summed E-state index contributed by atoms with van der Waals surface area (Å²) in [5.41, 5.74) is 5.89. The van der Waals surface area contributed by atoms with Crippen LogP contribution in [0.5, 0.6) is 0 Å². The molecule has 2 saturated heterocycles. The normalized spacial score (nSPS) is 21.1. The highest BCUT2D eigenvalue weighted by Crippen LogP contribution is 2.13. The number of hydrogen-bond acceptors (Lipinski definition) is 5. The van der Waals surface area contributed by atoms with Gasteiger partial charge in [-0.2, -0.15) is 0 Å². The molecule has 2 N–H and O–H groups in total. The second-order valence-electron chi connectivity index (χ2n) is 6.17. The maximum absolute atomic E-state index is 12.3. The summed E-state index contributed by atoms with van der Waals surface area (Å²) in [6.45, 7) is 5.84. The number of piperazine rings is 1. The zero-order valence-corrected chi connectivity index (χ0v) is 13.0. The lowest BCUT2D eigenvalue weighted by atomic mass is 10.1. The quantitative estimate of drug-likeness (QED) is 0.861. The van der Waals surface area contributed by atoms with Crippen molar-refractivity contribution in [1.29, 1.82) is 0 Å². The minimum absolute atomic E-state index is 0.248. The minimum atomic E-state index is 0.248. The third-order valence-electron chi connectivity index (χ3n) is 4.60. The van der Waals surface area contributed by atoms with Gasteiger partial charge in [0, 0.05) is 51.5 Å². The van der Waals surface area contributed by atoms with Gasteiger partial charge in [0.15, 0.2) is 0 Å². The maximum Gasteiger partial charge on any atom is 0.236 e. The highest BCUT2D eigenvalue weighted by atomic mass is 16.2. The molecule has 2 aliphatic rings. The van der Waals surface area contributed by atoms with Gasteiger partial charge in [0.1, 0.15) is 5.82 Å². The van der Waals surface area contributed by atoms with E-state index in [4.69, 9.17) is 5.73 Å². The van der Waals surface area contributed by atoms with Gasteiger partial charge in [-0.3, -0.25) is 9.69 Å². The Balaban J connectivity index is 1.45. The molecule has 1 aromatic rings. The molecule has 0 radical (unpaired) electrons. The summed E-state index contributed by atoms with van der Waals surface area (Å²) < 4.78 is 0. The number of hydrogen-bond donors (Lipinski definition) is 1. The number of carbonyl (C=O) groups is 1. The summed E-state index contributed by atoms with van der Waals surface area (Å²) in [6.07, 6.45) is 3.69. The highest BCUT2D eigenvalue weighted by Gasteiger charge is 2.24. The third kappa shape index (κ3) is 3.75. The highest BCUT2D eigenvalue weighted by molar-refractivity contribution is 5.78. The number of nitrogens with two attached hydrogens (primary N) is 1. The van der Waals surface area contributed by atoms with E-state index < -0.39 is 0 Å². The largest absolute Gasteiger partial charge is 0.354 e. The van der Waals surface area contributed by atoms with Gasteiger partial charge in [0.05, 0.1) is 6.54 Å². The van der Waals surface area contributed by atoms with Crippen LogP contribution < -0.4 is 10.6 Å². The van der Waals surface area contributed by atoms with E-state index in [9.17, 15) is 4.79 Å². The van der Waals surface area contributed by atoms with Crippen molar-refractivity contribution in [3.05, 3.63) is 24.4 Å². The fourth-order valence-corrected chi connectivity index (χ4v) is 3.12. The Morgan fingerprint density at radius 3 is 2.50 bits per heavy atom. The van der Waals surface area contributed by atoms with Crippen molar-refractivity contribution in [2.24, 2.45) is 5.73 Å². The molecule has 0 saturated carbocycles. The van der Waals surface area contributed by atoms with Crippen molar-refractivity contribution in [2.75, 3.05) is 50.7 Å². The Morgan fingerprint density at radius 2 is 1.86 bits per heavy atom. The van der Waals surface area contributed by atoms with E-state index in [0.29, 0.717) is 6.54 Å². The number of rotatable bonds is 3. The average molecular weight is 303 g/mol. The van der Waals surface area contributed by atoms with Crippen LogP contribution in [0, 0.1) is 0 Å². The molecule has 0 spiro atoms. The van der Waals surface area contributed by atoms with Crippen LogP contribution in [-0.4, -0.2) is 72.5 Å². The Hall–Kier alpha value is -1.66. The van der Waals surface area contributed by atoms with E-state index in [1.165, 1.54) is 0 Å². The lowest BCUT2D eigenvalue weighted by molar-refractivity contribution is -0.133. The van der Waals surface area contributed by atoms with E-state index in [1.807, 2.05) is 29.3 Å². The number of amides is 1. The molecule has 3 rings (SSSR count). The van der Waals surface area contributed by atoms with Crippen molar-refractivity contribution in [1.82, 2.24) is 14.8 Å². The van der Waals surface area contributed by atoms with Gasteiger partial charge in [-0.25, -0.2) is 4.98 Å². The predicted molar refractivity (Wildman–Crippen MR) is 86.7 cm³/mol. The number of piperidine rings is 1. The summed E-state index contributed by atoms with van der Waals surface area (Å²) >= 11 is 0. The van der Waals surface area contributed by atoms with E-state index in [-0.39, 0.29) is 11.9 Å². The fourth-order valence-electron chi connectivity index (χ4n) is 3.12. The van der Waals surface area contributed by atoms with Gasteiger partial charge in [0.25, 0.3) is 0 Å².